The van der Waals surface area contributed by atoms with Crippen LogP contribution in [0.15, 0.2) is 24.3 Å². The van der Waals surface area contributed by atoms with Crippen LogP contribution in [0.25, 0.3) is 16.2 Å². The van der Waals surface area contributed by atoms with E-state index >= 15 is 0 Å². The quantitative estimate of drug-likeness (QED) is 0.702. The average Bonchev–Trinajstić information content (AvgIpc) is 2.57. The smallest absolute Gasteiger partial charge is 0.117 e. The van der Waals surface area contributed by atoms with Crippen LogP contribution in [0.5, 0.6) is 5.75 Å². The molecule has 1 aromatic carbocycles. The molecule has 3 rings (SSSR count). The van der Waals surface area contributed by atoms with Crippen LogP contribution in [-0.4, -0.2) is 5.11 Å². The lowest BCUT2D eigenvalue weighted by atomic mass is 9.95. The Morgan fingerprint density at radius 1 is 1.40 bits per heavy atom. The van der Waals surface area contributed by atoms with Gasteiger partial charge in [-0.3, -0.25) is 0 Å². The summed E-state index contributed by atoms with van der Waals surface area (Å²) in [4.78, 5) is 1.46. The molecule has 1 aliphatic carbocycles. The van der Waals surface area contributed by atoms with Gasteiger partial charge in [0.1, 0.15) is 5.75 Å². The van der Waals surface area contributed by atoms with Gasteiger partial charge in [0.25, 0.3) is 0 Å². The van der Waals surface area contributed by atoms with E-state index in [0.29, 0.717) is 11.7 Å². The molecule has 0 saturated heterocycles. The molecule has 0 radical (unpaired) electrons. The van der Waals surface area contributed by atoms with E-state index in [0.717, 1.165) is 6.42 Å². The van der Waals surface area contributed by atoms with Crippen molar-refractivity contribution < 1.29 is 5.11 Å². The summed E-state index contributed by atoms with van der Waals surface area (Å²) in [6.07, 6.45) is 5.59. The van der Waals surface area contributed by atoms with Crippen molar-refractivity contribution in [2.24, 2.45) is 0 Å². The van der Waals surface area contributed by atoms with Gasteiger partial charge in [-0.2, -0.15) is 0 Å². The lowest BCUT2D eigenvalue weighted by Crippen LogP contribution is -1.94. The third-order valence-corrected chi connectivity index (χ3v) is 4.36. The Bertz CT molecular complexity index is 551. The van der Waals surface area contributed by atoms with Crippen LogP contribution < -0.4 is 0 Å². The van der Waals surface area contributed by atoms with Crippen LogP contribution in [-0.2, 0) is 0 Å². The fraction of sp³-hybridized carbons (Fsp3) is 0.231. The summed E-state index contributed by atoms with van der Waals surface area (Å²) in [7, 11) is 0. The molecule has 1 aromatic heterocycles. The molecule has 1 N–H and O–H groups in total. The second-order valence-electron chi connectivity index (χ2n) is 4.10. The van der Waals surface area contributed by atoms with Crippen molar-refractivity contribution in [3.05, 3.63) is 34.7 Å². The van der Waals surface area contributed by atoms with E-state index in [-0.39, 0.29) is 0 Å². The molecule has 0 bridgehead atoms. The number of hydrogen-bond acceptors (Lipinski definition) is 2. The molecule has 76 valence electrons. The number of phenols is 1. The van der Waals surface area contributed by atoms with Gasteiger partial charge in [0, 0.05) is 15.0 Å². The minimum atomic E-state index is 0.359. The fourth-order valence-electron chi connectivity index (χ4n) is 2.16. The maximum Gasteiger partial charge on any atom is 0.117 e. The summed E-state index contributed by atoms with van der Waals surface area (Å²) in [6, 6.07) is 5.64. The molecule has 1 nitrogen and oxygen atoms in total. The van der Waals surface area contributed by atoms with E-state index in [2.05, 4.69) is 19.1 Å². The normalized spacial score (nSPS) is 19.4. The summed E-state index contributed by atoms with van der Waals surface area (Å²) in [5.41, 5.74) is 1.36. The van der Waals surface area contributed by atoms with Gasteiger partial charge >= 0.3 is 0 Å². The molecule has 1 aliphatic rings. The maximum absolute atomic E-state index is 9.45. The number of thiophene rings is 1. The Hall–Kier alpha value is -1.28. The molecular formula is C13H12OS. The third kappa shape index (κ3) is 1.29. The van der Waals surface area contributed by atoms with Gasteiger partial charge in [-0.05, 0) is 36.1 Å². The molecule has 0 amide bonds. The van der Waals surface area contributed by atoms with E-state index in [1.807, 2.05) is 23.5 Å². The Labute approximate surface area is 92.7 Å². The minimum absolute atomic E-state index is 0.359. The number of phenolic OH excluding ortho intramolecular Hbond substituents is 1. The summed E-state index contributed by atoms with van der Waals surface area (Å²) in [5.74, 6) is 0.974. The van der Waals surface area contributed by atoms with E-state index < -0.39 is 0 Å². The molecule has 2 aromatic rings. The number of benzene rings is 1. The minimum Gasteiger partial charge on any atom is -0.508 e. The highest BCUT2D eigenvalue weighted by Gasteiger charge is 2.17. The standard InChI is InChI=1S/C13H12OS/c1-8-3-2-4-11-10-6-5-9(14)7-12(10)15-13(8)11/h2,4-8,14H,3H2,1H3. The predicted molar refractivity (Wildman–Crippen MR) is 65.6 cm³/mol. The van der Waals surface area contributed by atoms with Crippen molar-refractivity contribution >= 4 is 27.5 Å². The molecule has 2 heteroatoms. The second kappa shape index (κ2) is 3.11. The van der Waals surface area contributed by atoms with Gasteiger partial charge in [-0.25, -0.2) is 0 Å². The van der Waals surface area contributed by atoms with Gasteiger partial charge in [0.05, 0.1) is 0 Å². The molecule has 1 atom stereocenters. The van der Waals surface area contributed by atoms with Crippen LogP contribution >= 0.6 is 11.3 Å². The lowest BCUT2D eigenvalue weighted by molar-refractivity contribution is 0.476. The van der Waals surface area contributed by atoms with Crippen LogP contribution in [0, 0.1) is 0 Å². The first-order valence-electron chi connectivity index (χ1n) is 5.17. The molecule has 0 spiro atoms. The molecule has 15 heavy (non-hydrogen) atoms. The predicted octanol–water partition coefficient (Wildman–Crippen LogP) is 4.13. The van der Waals surface area contributed by atoms with Gasteiger partial charge in [0.15, 0.2) is 0 Å². The van der Waals surface area contributed by atoms with Gasteiger partial charge in [-0.15, -0.1) is 11.3 Å². The maximum atomic E-state index is 9.45. The first-order valence-corrected chi connectivity index (χ1v) is 5.99. The molecule has 1 heterocycles. The molecular weight excluding hydrogens is 204 g/mol. The van der Waals surface area contributed by atoms with Crippen LogP contribution in [0.3, 0.4) is 0 Å². The first kappa shape index (κ1) is 8.98. The lowest BCUT2D eigenvalue weighted by Gasteiger charge is -2.12. The topological polar surface area (TPSA) is 20.2 Å². The second-order valence-corrected chi connectivity index (χ2v) is 5.18. The number of rotatable bonds is 0. The summed E-state index contributed by atoms with van der Waals surface area (Å²) in [6.45, 7) is 2.26. The van der Waals surface area contributed by atoms with Crippen molar-refractivity contribution in [1.82, 2.24) is 0 Å². The Balaban J connectivity index is 2.36. The Morgan fingerprint density at radius 3 is 3.13 bits per heavy atom. The summed E-state index contributed by atoms with van der Waals surface area (Å²) < 4.78 is 1.19. The molecule has 1 unspecified atom stereocenters. The van der Waals surface area contributed by atoms with Crippen LogP contribution in [0.2, 0.25) is 0 Å². The zero-order valence-corrected chi connectivity index (χ0v) is 9.34. The highest BCUT2D eigenvalue weighted by atomic mass is 32.1. The van der Waals surface area contributed by atoms with Crippen molar-refractivity contribution in [3.8, 4) is 5.75 Å². The molecule has 0 saturated carbocycles. The SMILES string of the molecule is CC1CC=Cc2c1sc1cc(O)ccc21. The summed E-state index contributed by atoms with van der Waals surface area (Å²) >= 11 is 1.81. The van der Waals surface area contributed by atoms with Crippen molar-refractivity contribution in [2.75, 3.05) is 0 Å². The van der Waals surface area contributed by atoms with Crippen LogP contribution in [0.4, 0.5) is 0 Å². The largest absolute Gasteiger partial charge is 0.508 e. The van der Waals surface area contributed by atoms with E-state index in [1.165, 1.54) is 20.5 Å². The van der Waals surface area contributed by atoms with Gasteiger partial charge < -0.3 is 5.11 Å². The Kier molecular flexibility index (Phi) is 1.86. The monoisotopic (exact) mass is 216 g/mol. The van der Waals surface area contributed by atoms with E-state index in [4.69, 9.17) is 0 Å². The van der Waals surface area contributed by atoms with Crippen molar-refractivity contribution in [3.63, 3.8) is 0 Å². The Morgan fingerprint density at radius 2 is 2.27 bits per heavy atom. The van der Waals surface area contributed by atoms with E-state index in [1.54, 1.807) is 6.07 Å². The number of hydrogen-bond donors (Lipinski definition) is 1. The van der Waals surface area contributed by atoms with Crippen LogP contribution in [0.1, 0.15) is 29.7 Å². The highest BCUT2D eigenvalue weighted by Crippen LogP contribution is 2.41. The molecule has 0 fully saturated rings. The van der Waals surface area contributed by atoms with Gasteiger partial charge in [-0.1, -0.05) is 19.1 Å². The molecule has 0 aliphatic heterocycles. The number of aromatic hydroxyl groups is 1. The zero-order valence-electron chi connectivity index (χ0n) is 8.53. The number of allylic oxidation sites excluding steroid dienone is 1. The van der Waals surface area contributed by atoms with Gasteiger partial charge in [0.2, 0.25) is 0 Å². The average molecular weight is 216 g/mol. The summed E-state index contributed by atoms with van der Waals surface area (Å²) in [5, 5.41) is 10.7. The van der Waals surface area contributed by atoms with Crippen molar-refractivity contribution in [2.45, 2.75) is 19.3 Å². The highest BCUT2D eigenvalue weighted by molar-refractivity contribution is 7.19. The third-order valence-electron chi connectivity index (χ3n) is 2.96. The van der Waals surface area contributed by atoms with E-state index in [9.17, 15) is 5.11 Å². The number of fused-ring (bicyclic) bond motifs is 3. The first-order chi connectivity index (χ1) is 7.25. The zero-order chi connectivity index (χ0) is 10.4. The van der Waals surface area contributed by atoms with Crippen molar-refractivity contribution in [1.29, 1.82) is 0 Å². The fourth-order valence-corrected chi connectivity index (χ4v) is 3.45.